The highest BCUT2D eigenvalue weighted by Gasteiger charge is 2.27. The standard InChI is InChI=1S/C56H30N4O2.C49H29N3O/c57-31-36-26-34(33-12-2-1-3-13-33)27-37(32-58)52(36)35-28-38(59-46-18-8-4-16-44(46)53-48(59)24-22-42-40-14-6-10-20-50(40)61-55(42)53)30-39(29-35)60-47-19-9-5-17-45(47)54-49(60)25-23-43-41-15-7-11-21-51(41)62-56(43)54;50-30-33-11-1-2-12-37(33)32-23-21-31(22-24-32)34-27-35(51-43-17-7-3-13-38(43)39-14-4-8-18-44(39)51)29-36(28-34)52-45-19-9-5-16-42(45)48-46(52)26-25-41-40-15-6-10-20-47(40)53-49(41)48/h1-30H;1-29H. The van der Waals surface area contributed by atoms with Crippen LogP contribution in [-0.2, 0) is 0 Å². The molecule has 7 heterocycles. The van der Waals surface area contributed by atoms with E-state index in [-0.39, 0.29) is 0 Å². The number of hydrogen-bond donors (Lipinski definition) is 0. The molecule has 0 N–H and O–H groups in total. The Labute approximate surface area is 656 Å². The van der Waals surface area contributed by atoms with Gasteiger partial charge >= 0.3 is 0 Å². The van der Waals surface area contributed by atoms with Crippen LogP contribution in [0.4, 0.5) is 0 Å². The molecule has 10 nitrogen and oxygen atoms in total. The molecule has 0 unspecified atom stereocenters. The largest absolute Gasteiger partial charge is 0.455 e. The zero-order chi connectivity index (χ0) is 76.1. The van der Waals surface area contributed by atoms with Crippen molar-refractivity contribution in [3.8, 4) is 85.5 Å². The van der Waals surface area contributed by atoms with Crippen molar-refractivity contribution in [1.29, 1.82) is 15.8 Å². The minimum absolute atomic E-state index is 0.420. The van der Waals surface area contributed by atoms with Gasteiger partial charge < -0.3 is 31.5 Å². The van der Waals surface area contributed by atoms with Crippen molar-refractivity contribution in [3.63, 3.8) is 0 Å². The van der Waals surface area contributed by atoms with E-state index < -0.39 is 0 Å². The third-order valence-electron chi connectivity index (χ3n) is 23.3. The second-order valence-electron chi connectivity index (χ2n) is 29.5. The lowest BCUT2D eigenvalue weighted by atomic mass is 9.90. The zero-order valence-corrected chi connectivity index (χ0v) is 61.4. The van der Waals surface area contributed by atoms with E-state index in [1.807, 2.05) is 115 Å². The van der Waals surface area contributed by atoms with Gasteiger partial charge in [-0.3, -0.25) is 0 Å². The number of nitrogens with zero attached hydrogens (tertiary/aromatic N) is 7. The molecule has 0 aliphatic heterocycles. The lowest BCUT2D eigenvalue weighted by Gasteiger charge is -2.17. The maximum absolute atomic E-state index is 10.9. The predicted molar refractivity (Wildman–Crippen MR) is 468 cm³/mol. The molecule has 0 atom stereocenters. The van der Waals surface area contributed by atoms with Crippen molar-refractivity contribution >= 4 is 153 Å². The van der Waals surface area contributed by atoms with Gasteiger partial charge in [-0.1, -0.05) is 218 Å². The first-order valence-electron chi connectivity index (χ1n) is 38.4. The van der Waals surface area contributed by atoms with Crippen molar-refractivity contribution in [2.24, 2.45) is 0 Å². The third kappa shape index (κ3) is 9.86. The highest BCUT2D eigenvalue weighted by molar-refractivity contribution is 6.27. The molecule has 7 aromatic heterocycles. The summed E-state index contributed by atoms with van der Waals surface area (Å²) in [6.07, 6.45) is 0. The highest BCUT2D eigenvalue weighted by atomic mass is 16.3. The van der Waals surface area contributed by atoms with Gasteiger partial charge in [0.15, 0.2) is 0 Å². The summed E-state index contributed by atoms with van der Waals surface area (Å²) in [5.41, 5.74) is 26.2. The van der Waals surface area contributed by atoms with Crippen molar-refractivity contribution in [2.75, 3.05) is 0 Å². The second kappa shape index (κ2) is 25.4. The fourth-order valence-corrected chi connectivity index (χ4v) is 18.4. The van der Waals surface area contributed by atoms with Crippen molar-refractivity contribution in [1.82, 2.24) is 18.3 Å². The van der Waals surface area contributed by atoms with Crippen LogP contribution in [0.2, 0.25) is 0 Å². The summed E-state index contributed by atoms with van der Waals surface area (Å²) in [4.78, 5) is 0. The summed E-state index contributed by atoms with van der Waals surface area (Å²) in [7, 11) is 0. The van der Waals surface area contributed by atoms with Crippen LogP contribution in [-0.4, -0.2) is 18.3 Å². The maximum atomic E-state index is 10.9. The number of nitriles is 3. The van der Waals surface area contributed by atoms with Gasteiger partial charge in [0, 0.05) is 87.6 Å². The minimum Gasteiger partial charge on any atom is -0.455 e. The molecule has 24 aromatic rings. The Kier molecular flexibility index (Phi) is 14.3. The molecule has 0 saturated carbocycles. The fraction of sp³-hybridized carbons (Fsp3) is 0. The van der Waals surface area contributed by atoms with Crippen molar-refractivity contribution < 1.29 is 13.3 Å². The molecule has 0 aliphatic rings. The Morgan fingerprint density at radius 1 is 0.200 bits per heavy atom. The third-order valence-corrected chi connectivity index (χ3v) is 23.3. The highest BCUT2D eigenvalue weighted by Crippen LogP contribution is 2.48. The van der Waals surface area contributed by atoms with Gasteiger partial charge in [-0.2, -0.15) is 15.8 Å². The number of benzene rings is 17. The van der Waals surface area contributed by atoms with E-state index in [1.54, 1.807) is 0 Å². The second-order valence-corrected chi connectivity index (χ2v) is 29.5. The van der Waals surface area contributed by atoms with Gasteiger partial charge in [0.05, 0.1) is 95.2 Å². The lowest BCUT2D eigenvalue weighted by molar-refractivity contribution is 0.672. The molecule has 0 bridgehead atoms. The maximum Gasteiger partial charge on any atom is 0.145 e. The van der Waals surface area contributed by atoms with Gasteiger partial charge in [0.2, 0.25) is 0 Å². The molecule has 0 radical (unpaired) electrons. The molecular weight excluding hydrogens is 1410 g/mol. The van der Waals surface area contributed by atoms with Crippen LogP contribution in [0.15, 0.2) is 371 Å². The number of rotatable bonds is 8. The summed E-state index contributed by atoms with van der Waals surface area (Å²) in [6.45, 7) is 0. The van der Waals surface area contributed by atoms with Crippen LogP contribution >= 0.6 is 0 Å². The first-order chi connectivity index (χ1) is 56.9. The lowest BCUT2D eigenvalue weighted by Crippen LogP contribution is -2.01. The van der Waals surface area contributed by atoms with E-state index in [0.717, 1.165) is 204 Å². The number of hydrogen-bond acceptors (Lipinski definition) is 6. The Morgan fingerprint density at radius 2 is 0.504 bits per heavy atom. The number of aromatic nitrogens is 4. The van der Waals surface area contributed by atoms with Gasteiger partial charge in [0.25, 0.3) is 0 Å². The summed E-state index contributed by atoms with van der Waals surface area (Å²) in [5.74, 6) is 0. The van der Waals surface area contributed by atoms with Crippen LogP contribution in [0.5, 0.6) is 0 Å². The molecule has 0 aliphatic carbocycles. The molecule has 532 valence electrons. The van der Waals surface area contributed by atoms with Gasteiger partial charge in [0.1, 0.15) is 33.5 Å². The smallest absolute Gasteiger partial charge is 0.145 e. The van der Waals surface area contributed by atoms with Crippen molar-refractivity contribution in [3.05, 3.63) is 375 Å². The molecule has 0 fully saturated rings. The van der Waals surface area contributed by atoms with E-state index in [9.17, 15) is 15.8 Å². The summed E-state index contributed by atoms with van der Waals surface area (Å²) >= 11 is 0. The average Bonchev–Trinajstić information content (AvgIpc) is 1.57. The van der Waals surface area contributed by atoms with Crippen LogP contribution in [0.1, 0.15) is 16.7 Å². The molecule has 0 amide bonds. The SMILES string of the molecule is N#Cc1cc(-c2ccccc2)cc(C#N)c1-c1cc(-n2c3ccccc3c3c4oc5ccccc5c4ccc32)cc(-n2c3ccccc3c3c4oc5ccccc5c4ccc32)c1.N#Cc1ccccc1-c1ccc(-c2cc(-n3c4ccccc4c4ccccc43)cc(-n3c4ccccc4c4c5oc6ccccc6c5ccc43)c2)cc1. The first-order valence-corrected chi connectivity index (χ1v) is 38.4. The molecule has 17 aromatic carbocycles. The van der Waals surface area contributed by atoms with Gasteiger partial charge in [-0.05, 0) is 178 Å². The normalized spacial score (nSPS) is 11.8. The number of para-hydroxylation sites is 8. The average molecular weight is 1470 g/mol. The van der Waals surface area contributed by atoms with E-state index >= 15 is 0 Å². The topological polar surface area (TPSA) is 131 Å². The monoisotopic (exact) mass is 1470 g/mol. The van der Waals surface area contributed by atoms with Crippen LogP contribution in [0.25, 0.3) is 220 Å². The van der Waals surface area contributed by atoms with Gasteiger partial charge in [-0.15, -0.1) is 0 Å². The van der Waals surface area contributed by atoms with E-state index in [4.69, 9.17) is 13.3 Å². The molecular formula is C105H59N7O3. The van der Waals surface area contributed by atoms with Gasteiger partial charge in [-0.25, -0.2) is 0 Å². The zero-order valence-electron chi connectivity index (χ0n) is 61.4. The molecule has 115 heavy (non-hydrogen) atoms. The van der Waals surface area contributed by atoms with E-state index in [1.165, 1.54) is 10.8 Å². The van der Waals surface area contributed by atoms with Crippen LogP contribution < -0.4 is 0 Å². The predicted octanol–water partition coefficient (Wildman–Crippen LogP) is 27.7. The summed E-state index contributed by atoms with van der Waals surface area (Å²) < 4.78 is 29.3. The Bertz CT molecular complexity index is 8110. The Morgan fingerprint density at radius 3 is 0.913 bits per heavy atom. The fourth-order valence-electron chi connectivity index (χ4n) is 18.4. The van der Waals surface area contributed by atoms with Crippen molar-refractivity contribution in [2.45, 2.75) is 0 Å². The molecule has 10 heteroatoms. The number of furan rings is 3. The quantitative estimate of drug-likeness (QED) is 0.149. The number of fused-ring (bicyclic) bond motifs is 24. The summed E-state index contributed by atoms with van der Waals surface area (Å²) in [6, 6.07) is 131. The van der Waals surface area contributed by atoms with Crippen LogP contribution in [0.3, 0.4) is 0 Å². The van der Waals surface area contributed by atoms with E-state index in [0.29, 0.717) is 22.3 Å². The summed E-state index contributed by atoms with van der Waals surface area (Å²) in [5, 5.41) is 46.9. The van der Waals surface area contributed by atoms with E-state index in [2.05, 4.69) is 279 Å². The van der Waals surface area contributed by atoms with Crippen LogP contribution in [0, 0.1) is 34.0 Å². The minimum atomic E-state index is 0.420. The first kappa shape index (κ1) is 64.8. The molecule has 0 spiro atoms. The molecule has 24 rings (SSSR count). The Balaban J connectivity index is 0.000000138. The Hall–Kier alpha value is -16.2. The molecule has 0 saturated heterocycles.